The Kier molecular flexibility index (Phi) is 7.04. The van der Waals surface area contributed by atoms with Crippen LogP contribution < -0.4 is 5.73 Å². The Hall–Kier alpha value is -0.160. The fraction of sp³-hybridized carbons (Fsp3) is 1.00. The largest absolute Gasteiger partial charge is 0.377 e. The predicted octanol–water partition coefficient (Wildman–Crippen LogP) is 0.766. The SMILES string of the molecule is CCOC(CN)CCN1CCN(C)C(CC)C1. The van der Waals surface area contributed by atoms with Gasteiger partial charge in [-0.2, -0.15) is 0 Å². The van der Waals surface area contributed by atoms with Gasteiger partial charge in [-0.25, -0.2) is 0 Å². The molecule has 0 radical (unpaired) electrons. The van der Waals surface area contributed by atoms with Crippen LogP contribution in [0.3, 0.4) is 0 Å². The molecule has 0 bridgehead atoms. The van der Waals surface area contributed by atoms with Crippen molar-refractivity contribution in [1.82, 2.24) is 9.80 Å². The molecule has 0 spiro atoms. The van der Waals surface area contributed by atoms with E-state index in [-0.39, 0.29) is 6.10 Å². The summed E-state index contributed by atoms with van der Waals surface area (Å²) < 4.78 is 5.59. The number of hydrogen-bond acceptors (Lipinski definition) is 4. The van der Waals surface area contributed by atoms with E-state index in [2.05, 4.69) is 23.8 Å². The van der Waals surface area contributed by atoms with Gasteiger partial charge >= 0.3 is 0 Å². The maximum Gasteiger partial charge on any atom is 0.0709 e. The lowest BCUT2D eigenvalue weighted by Gasteiger charge is -2.39. The number of likely N-dealkylation sites (N-methyl/N-ethyl adjacent to an activating group) is 1. The number of nitrogens with zero attached hydrogens (tertiary/aromatic N) is 2. The minimum absolute atomic E-state index is 0.236. The van der Waals surface area contributed by atoms with Crippen molar-refractivity contribution in [2.75, 3.05) is 46.4 Å². The minimum atomic E-state index is 0.236. The third-order valence-corrected chi connectivity index (χ3v) is 3.77. The van der Waals surface area contributed by atoms with Crippen molar-refractivity contribution >= 4 is 0 Å². The summed E-state index contributed by atoms with van der Waals surface area (Å²) >= 11 is 0. The molecular weight excluding hydrogens is 214 g/mol. The quantitative estimate of drug-likeness (QED) is 0.717. The Balaban J connectivity index is 2.27. The molecule has 2 atom stereocenters. The maximum absolute atomic E-state index is 5.70. The van der Waals surface area contributed by atoms with Crippen LogP contribution in [0.5, 0.6) is 0 Å². The lowest BCUT2D eigenvalue weighted by molar-refractivity contribution is 0.0402. The molecule has 1 heterocycles. The van der Waals surface area contributed by atoms with Crippen LogP contribution in [0.1, 0.15) is 26.7 Å². The van der Waals surface area contributed by atoms with Crippen molar-refractivity contribution in [3.8, 4) is 0 Å². The molecule has 0 amide bonds. The zero-order chi connectivity index (χ0) is 12.7. The first-order valence-electron chi connectivity index (χ1n) is 6.95. The van der Waals surface area contributed by atoms with Gasteiger partial charge in [0.05, 0.1) is 6.10 Å². The fourth-order valence-corrected chi connectivity index (χ4v) is 2.49. The Bertz CT molecular complexity index is 201. The van der Waals surface area contributed by atoms with E-state index in [0.717, 1.165) is 19.6 Å². The molecule has 1 aliphatic heterocycles. The highest BCUT2D eigenvalue weighted by atomic mass is 16.5. The van der Waals surface area contributed by atoms with Gasteiger partial charge in [0.2, 0.25) is 0 Å². The molecule has 0 saturated carbocycles. The first-order valence-corrected chi connectivity index (χ1v) is 6.95. The summed E-state index contributed by atoms with van der Waals surface area (Å²) in [7, 11) is 2.23. The smallest absolute Gasteiger partial charge is 0.0709 e. The topological polar surface area (TPSA) is 41.7 Å². The first-order chi connectivity index (χ1) is 8.21. The van der Waals surface area contributed by atoms with Crippen LogP contribution in [0, 0.1) is 0 Å². The van der Waals surface area contributed by atoms with Gasteiger partial charge in [-0.1, -0.05) is 6.92 Å². The molecule has 17 heavy (non-hydrogen) atoms. The molecule has 1 aliphatic rings. The van der Waals surface area contributed by atoms with Gasteiger partial charge in [-0.15, -0.1) is 0 Å². The monoisotopic (exact) mass is 243 g/mol. The summed E-state index contributed by atoms with van der Waals surface area (Å²) in [6.07, 6.45) is 2.53. The second kappa shape index (κ2) is 8.03. The van der Waals surface area contributed by atoms with Crippen LogP contribution in [-0.4, -0.2) is 68.3 Å². The number of ether oxygens (including phenoxy) is 1. The molecule has 4 heteroatoms. The Morgan fingerprint density at radius 3 is 2.71 bits per heavy atom. The fourth-order valence-electron chi connectivity index (χ4n) is 2.49. The van der Waals surface area contributed by atoms with Crippen LogP contribution in [0.2, 0.25) is 0 Å². The van der Waals surface area contributed by atoms with Crippen LogP contribution >= 0.6 is 0 Å². The summed E-state index contributed by atoms with van der Waals surface area (Å²) in [6, 6.07) is 0.715. The molecule has 1 saturated heterocycles. The minimum Gasteiger partial charge on any atom is -0.377 e. The molecule has 0 aromatic rings. The highest BCUT2D eigenvalue weighted by molar-refractivity contribution is 4.79. The predicted molar refractivity (Wildman–Crippen MR) is 72.2 cm³/mol. The van der Waals surface area contributed by atoms with E-state index in [1.165, 1.54) is 26.1 Å². The van der Waals surface area contributed by atoms with Gasteiger partial charge < -0.3 is 20.3 Å². The van der Waals surface area contributed by atoms with E-state index in [1.54, 1.807) is 0 Å². The van der Waals surface area contributed by atoms with Gasteiger partial charge in [0.1, 0.15) is 0 Å². The molecule has 1 fully saturated rings. The van der Waals surface area contributed by atoms with Crippen LogP contribution in [-0.2, 0) is 4.74 Å². The molecule has 102 valence electrons. The summed E-state index contributed by atoms with van der Waals surface area (Å²) in [5.41, 5.74) is 5.70. The van der Waals surface area contributed by atoms with Crippen molar-refractivity contribution in [1.29, 1.82) is 0 Å². The number of rotatable bonds is 7. The zero-order valence-corrected chi connectivity index (χ0v) is 11.7. The van der Waals surface area contributed by atoms with Crippen molar-refractivity contribution in [3.63, 3.8) is 0 Å². The zero-order valence-electron chi connectivity index (χ0n) is 11.7. The van der Waals surface area contributed by atoms with E-state index in [1.807, 2.05) is 6.92 Å². The van der Waals surface area contributed by atoms with Crippen molar-refractivity contribution in [2.24, 2.45) is 5.73 Å². The lowest BCUT2D eigenvalue weighted by Crippen LogP contribution is -2.51. The highest BCUT2D eigenvalue weighted by Gasteiger charge is 2.22. The first kappa shape index (κ1) is 14.9. The second-order valence-electron chi connectivity index (χ2n) is 4.95. The molecular formula is C13H29N3O. The molecule has 2 unspecified atom stereocenters. The number of nitrogens with two attached hydrogens (primary N) is 1. The molecule has 0 aliphatic carbocycles. The van der Waals surface area contributed by atoms with E-state index in [9.17, 15) is 0 Å². The van der Waals surface area contributed by atoms with E-state index in [4.69, 9.17) is 10.5 Å². The highest BCUT2D eigenvalue weighted by Crippen LogP contribution is 2.11. The van der Waals surface area contributed by atoms with Gasteiger partial charge in [0.15, 0.2) is 0 Å². The Morgan fingerprint density at radius 1 is 1.35 bits per heavy atom. The third-order valence-electron chi connectivity index (χ3n) is 3.77. The van der Waals surface area contributed by atoms with Crippen LogP contribution in [0.4, 0.5) is 0 Å². The lowest BCUT2D eigenvalue weighted by atomic mass is 10.1. The average molecular weight is 243 g/mol. The van der Waals surface area contributed by atoms with Gasteiger partial charge in [0, 0.05) is 45.4 Å². The van der Waals surface area contributed by atoms with Gasteiger partial charge in [-0.05, 0) is 26.8 Å². The van der Waals surface area contributed by atoms with Crippen LogP contribution in [0.25, 0.3) is 0 Å². The van der Waals surface area contributed by atoms with E-state index >= 15 is 0 Å². The molecule has 0 aromatic heterocycles. The second-order valence-corrected chi connectivity index (χ2v) is 4.95. The summed E-state index contributed by atoms with van der Waals surface area (Å²) in [4.78, 5) is 5.02. The van der Waals surface area contributed by atoms with Crippen molar-refractivity contribution in [3.05, 3.63) is 0 Å². The van der Waals surface area contributed by atoms with Gasteiger partial charge in [-0.3, -0.25) is 0 Å². The number of piperazine rings is 1. The Labute approximate surface area is 106 Å². The molecule has 1 rings (SSSR count). The standard InChI is InChI=1S/C13H29N3O/c1-4-12-11-16(9-8-15(12)3)7-6-13(10-14)17-5-2/h12-13H,4-11,14H2,1-3H3. The Morgan fingerprint density at radius 2 is 2.12 bits per heavy atom. The third kappa shape index (κ3) is 4.92. The maximum atomic E-state index is 5.70. The molecule has 4 nitrogen and oxygen atoms in total. The number of hydrogen-bond donors (Lipinski definition) is 1. The molecule has 0 aromatic carbocycles. The average Bonchev–Trinajstić information content (AvgIpc) is 2.36. The van der Waals surface area contributed by atoms with Crippen molar-refractivity contribution in [2.45, 2.75) is 38.8 Å². The summed E-state index contributed by atoms with van der Waals surface area (Å²) in [5.74, 6) is 0. The van der Waals surface area contributed by atoms with E-state index < -0.39 is 0 Å². The van der Waals surface area contributed by atoms with Crippen LogP contribution in [0.15, 0.2) is 0 Å². The van der Waals surface area contributed by atoms with E-state index in [0.29, 0.717) is 12.6 Å². The van der Waals surface area contributed by atoms with Crippen molar-refractivity contribution < 1.29 is 4.74 Å². The van der Waals surface area contributed by atoms with Gasteiger partial charge in [0.25, 0.3) is 0 Å². The molecule has 2 N–H and O–H groups in total. The normalized spacial score (nSPS) is 25.1. The summed E-state index contributed by atoms with van der Waals surface area (Å²) in [5, 5.41) is 0. The summed E-state index contributed by atoms with van der Waals surface area (Å²) in [6.45, 7) is 10.4.